The Morgan fingerprint density at radius 3 is 2.61 bits per heavy atom. The third-order valence-electron chi connectivity index (χ3n) is 4.96. The van der Waals surface area contributed by atoms with Crippen LogP contribution in [0.25, 0.3) is 10.4 Å². The number of alkyl carbamates (subject to hydrolysis) is 1. The Bertz CT molecular complexity index is 884. The Morgan fingerprint density at radius 2 is 1.97 bits per heavy atom. The summed E-state index contributed by atoms with van der Waals surface area (Å²) in [6.45, 7) is 10.0. The van der Waals surface area contributed by atoms with Gasteiger partial charge in [-0.2, -0.15) is 0 Å². The average molecular weight is 464 g/mol. The number of aromatic nitrogens is 1. The molecule has 0 radical (unpaired) electrons. The van der Waals surface area contributed by atoms with Gasteiger partial charge in [-0.15, -0.1) is 11.3 Å². The van der Waals surface area contributed by atoms with Crippen molar-refractivity contribution in [1.82, 2.24) is 15.0 Å². The molecule has 1 fully saturated rings. The van der Waals surface area contributed by atoms with Crippen molar-refractivity contribution in [3.05, 3.63) is 29.4 Å². The van der Waals surface area contributed by atoms with Crippen molar-refractivity contribution in [1.29, 1.82) is 0 Å². The molecule has 3 rings (SSSR count). The first-order chi connectivity index (χ1) is 14.6. The fourth-order valence-electron chi connectivity index (χ4n) is 3.51. The van der Waals surface area contributed by atoms with E-state index in [1.54, 1.807) is 23.5 Å². The van der Waals surface area contributed by atoms with E-state index in [1.807, 2.05) is 26.1 Å². The van der Waals surface area contributed by atoms with Crippen LogP contribution < -0.4 is 10.0 Å². The summed E-state index contributed by atoms with van der Waals surface area (Å²) in [5.41, 5.74) is 1.04. The van der Waals surface area contributed by atoms with E-state index in [-0.39, 0.29) is 29.5 Å². The van der Waals surface area contributed by atoms with E-state index in [0.29, 0.717) is 5.92 Å². The van der Waals surface area contributed by atoms with E-state index in [2.05, 4.69) is 30.8 Å². The van der Waals surface area contributed by atoms with Crippen LogP contribution in [0.15, 0.2) is 29.3 Å². The highest BCUT2D eigenvalue weighted by molar-refractivity contribution is 7.97. The van der Waals surface area contributed by atoms with Crippen LogP contribution in [0.2, 0.25) is 0 Å². The van der Waals surface area contributed by atoms with Crippen LogP contribution in [0.3, 0.4) is 0 Å². The molecule has 1 aliphatic rings. The van der Waals surface area contributed by atoms with Gasteiger partial charge < -0.3 is 15.2 Å². The number of nitrogens with zero attached hydrogens (tertiary/aromatic N) is 1. The second-order valence-electron chi connectivity index (χ2n) is 9.34. The number of phenols is 1. The lowest BCUT2D eigenvalue weighted by Gasteiger charge is -2.28. The summed E-state index contributed by atoms with van der Waals surface area (Å²) < 4.78 is 8.61. The van der Waals surface area contributed by atoms with Crippen LogP contribution in [-0.2, 0) is 4.74 Å². The smallest absolute Gasteiger partial charge is 0.407 e. The Balaban J connectivity index is 1.64. The Labute approximate surface area is 193 Å². The number of hydrogen-bond acceptors (Lipinski definition) is 7. The molecule has 6 nitrogen and oxygen atoms in total. The molecule has 0 bridgehead atoms. The highest BCUT2D eigenvalue weighted by atomic mass is 32.2. The van der Waals surface area contributed by atoms with Crippen LogP contribution in [0.5, 0.6) is 5.75 Å². The quantitative estimate of drug-likeness (QED) is 0.451. The predicted octanol–water partition coefficient (Wildman–Crippen LogP) is 6.07. The molecule has 1 aromatic carbocycles. The molecule has 1 amide bonds. The van der Waals surface area contributed by atoms with E-state index < -0.39 is 0 Å². The molecule has 170 valence electrons. The lowest BCUT2D eigenvalue weighted by molar-refractivity contribution is 0.109. The highest BCUT2D eigenvalue weighted by Gasteiger charge is 2.26. The minimum atomic E-state index is -0.323. The van der Waals surface area contributed by atoms with E-state index in [0.717, 1.165) is 46.0 Å². The minimum Gasteiger partial charge on any atom is -0.508 e. The van der Waals surface area contributed by atoms with Crippen LogP contribution in [0.4, 0.5) is 4.79 Å². The zero-order chi connectivity index (χ0) is 22.6. The largest absolute Gasteiger partial charge is 0.508 e. The number of ether oxygens (including phenoxy) is 1. The Hall–Kier alpha value is -1.77. The summed E-state index contributed by atoms with van der Waals surface area (Å²) in [5.74, 6) is 0.673. The molecule has 1 heterocycles. The van der Waals surface area contributed by atoms with Crippen molar-refractivity contribution in [2.75, 3.05) is 0 Å². The van der Waals surface area contributed by atoms with E-state index in [9.17, 15) is 9.90 Å². The monoisotopic (exact) mass is 463 g/mol. The van der Waals surface area contributed by atoms with E-state index >= 15 is 0 Å². The summed E-state index contributed by atoms with van der Waals surface area (Å²) >= 11 is 3.26. The van der Waals surface area contributed by atoms with Crippen molar-refractivity contribution < 1.29 is 14.6 Å². The number of carbonyl (C=O) groups is 1. The number of rotatable bonds is 6. The molecule has 3 N–H and O–H groups in total. The number of phenolic OH excluding ortho intramolecular Hbond substituents is 1. The van der Waals surface area contributed by atoms with Crippen LogP contribution in [0.1, 0.15) is 71.2 Å². The van der Waals surface area contributed by atoms with Gasteiger partial charge in [-0.05, 0) is 90.4 Å². The number of thiazole rings is 1. The molecule has 1 saturated carbocycles. The first-order valence-corrected chi connectivity index (χ1v) is 12.4. The summed E-state index contributed by atoms with van der Waals surface area (Å²) in [6, 6.07) is 5.65. The second kappa shape index (κ2) is 10.2. The van der Waals surface area contributed by atoms with Gasteiger partial charge in [-0.3, -0.25) is 4.72 Å². The fourth-order valence-corrected chi connectivity index (χ4v) is 5.58. The van der Waals surface area contributed by atoms with E-state index in [1.165, 1.54) is 11.9 Å². The van der Waals surface area contributed by atoms with Gasteiger partial charge in [0, 0.05) is 34.2 Å². The molecule has 1 aliphatic carbocycles. The molecular formula is C23H33N3O3S2. The molecule has 0 aliphatic heterocycles. The first-order valence-electron chi connectivity index (χ1n) is 10.8. The first kappa shape index (κ1) is 23.9. The number of amides is 1. The lowest BCUT2D eigenvalue weighted by Crippen LogP contribution is -2.38. The maximum atomic E-state index is 11.8. The number of nitrogens with one attached hydrogen (secondary N) is 2. The van der Waals surface area contributed by atoms with Gasteiger partial charge in [-0.1, -0.05) is 0 Å². The van der Waals surface area contributed by atoms with Gasteiger partial charge >= 0.3 is 6.09 Å². The van der Waals surface area contributed by atoms with Crippen LogP contribution in [0, 0.1) is 0 Å². The molecule has 0 unspecified atom stereocenters. The van der Waals surface area contributed by atoms with Crippen molar-refractivity contribution >= 4 is 29.4 Å². The van der Waals surface area contributed by atoms with Gasteiger partial charge in [0.15, 0.2) is 0 Å². The molecule has 8 heteroatoms. The van der Waals surface area contributed by atoms with Gasteiger partial charge in [-0.25, -0.2) is 9.78 Å². The highest BCUT2D eigenvalue weighted by Crippen LogP contribution is 2.41. The maximum Gasteiger partial charge on any atom is 0.407 e. The van der Waals surface area contributed by atoms with Crippen molar-refractivity contribution in [2.45, 2.75) is 88.8 Å². The molecule has 31 heavy (non-hydrogen) atoms. The fraction of sp³-hybridized carbons (Fsp3) is 0.565. The third-order valence-corrected chi connectivity index (χ3v) is 7.43. The molecule has 0 saturated heterocycles. The molecule has 0 spiro atoms. The predicted molar refractivity (Wildman–Crippen MR) is 128 cm³/mol. The minimum absolute atomic E-state index is 0.0411. The summed E-state index contributed by atoms with van der Waals surface area (Å²) in [5, 5.41) is 14.1. The number of hydrogen-bond donors (Lipinski definition) is 3. The number of benzene rings is 1. The van der Waals surface area contributed by atoms with E-state index in [4.69, 9.17) is 9.72 Å². The summed E-state index contributed by atoms with van der Waals surface area (Å²) in [7, 11) is 0. The van der Waals surface area contributed by atoms with Gasteiger partial charge in [0.05, 0.1) is 16.0 Å². The maximum absolute atomic E-state index is 11.8. The Morgan fingerprint density at radius 1 is 1.26 bits per heavy atom. The van der Waals surface area contributed by atoms with Gasteiger partial charge in [0.2, 0.25) is 0 Å². The normalized spacial score (nSPS) is 19.4. The summed E-state index contributed by atoms with van der Waals surface area (Å²) in [4.78, 5) is 18.7. The van der Waals surface area contributed by atoms with Gasteiger partial charge in [0.1, 0.15) is 5.75 Å². The standard InChI is InChI=1S/C23H33N3O3S2/c1-14(2)29-22(28)25-16-8-6-15(7-9-16)21-24-13-20(30-21)18-11-10-17(27)12-19(18)31-26-23(3,4)5/h10-16,26-27H,6-9H2,1-5H3,(H,25,28). The molecule has 2 aromatic rings. The zero-order valence-corrected chi connectivity index (χ0v) is 20.5. The second-order valence-corrected chi connectivity index (χ2v) is 11.3. The van der Waals surface area contributed by atoms with Crippen molar-refractivity contribution in [3.8, 4) is 16.2 Å². The zero-order valence-electron chi connectivity index (χ0n) is 18.9. The number of aromatic hydroxyl groups is 1. The van der Waals surface area contributed by atoms with Crippen LogP contribution in [-0.4, -0.2) is 33.9 Å². The van der Waals surface area contributed by atoms with Gasteiger partial charge in [0.25, 0.3) is 0 Å². The number of carbonyl (C=O) groups excluding carboxylic acids is 1. The molecule has 0 atom stereocenters. The third kappa shape index (κ3) is 7.12. The molecular weight excluding hydrogens is 430 g/mol. The topological polar surface area (TPSA) is 83.5 Å². The lowest BCUT2D eigenvalue weighted by atomic mass is 9.86. The average Bonchev–Trinajstić information content (AvgIpc) is 3.15. The summed E-state index contributed by atoms with van der Waals surface area (Å²) in [6.07, 6.45) is 5.39. The van der Waals surface area contributed by atoms with Crippen molar-refractivity contribution in [3.63, 3.8) is 0 Å². The van der Waals surface area contributed by atoms with Crippen LogP contribution >= 0.6 is 23.3 Å². The van der Waals surface area contributed by atoms with Crippen molar-refractivity contribution in [2.24, 2.45) is 0 Å². The Kier molecular flexibility index (Phi) is 7.88. The SMILES string of the molecule is CC(C)OC(=O)NC1CCC(c2ncc(-c3ccc(O)cc3SNC(C)(C)C)s2)CC1. The molecule has 1 aromatic heterocycles.